The maximum Gasteiger partial charge on any atom is 0.102 e. The van der Waals surface area contributed by atoms with Crippen molar-refractivity contribution in [3.63, 3.8) is 0 Å². The first-order valence-electron chi connectivity index (χ1n) is 5.57. The second kappa shape index (κ2) is 5.69. The minimum Gasteiger partial charge on any atom is -0.500 e. The van der Waals surface area contributed by atoms with Gasteiger partial charge in [-0.15, -0.1) is 0 Å². The van der Waals surface area contributed by atoms with Gasteiger partial charge in [-0.1, -0.05) is 13.3 Å². The third-order valence-electron chi connectivity index (χ3n) is 2.74. The zero-order valence-corrected chi connectivity index (χ0v) is 10.5. The highest BCUT2D eigenvalue weighted by Crippen LogP contribution is 2.39. The molecule has 2 heteroatoms. The van der Waals surface area contributed by atoms with Gasteiger partial charge in [-0.2, -0.15) is 11.8 Å². The van der Waals surface area contributed by atoms with Gasteiger partial charge in [0.05, 0.1) is 6.26 Å². The standard InChI is InChI=1S/C12H22OS/c1-4-12(7-5-6-8-14-12)10-13-9-11(2)3/h9H,4-8,10H2,1-3H3. The molecule has 1 unspecified atom stereocenters. The van der Waals surface area contributed by atoms with Crippen molar-refractivity contribution in [3.05, 3.63) is 11.8 Å². The molecular formula is C12H22OS. The first-order valence-corrected chi connectivity index (χ1v) is 6.56. The molecule has 1 heterocycles. The van der Waals surface area contributed by atoms with Crippen molar-refractivity contribution < 1.29 is 4.74 Å². The predicted molar refractivity (Wildman–Crippen MR) is 64.7 cm³/mol. The van der Waals surface area contributed by atoms with Gasteiger partial charge in [-0.05, 0) is 44.4 Å². The minimum absolute atomic E-state index is 0.407. The van der Waals surface area contributed by atoms with Crippen LogP contribution < -0.4 is 0 Å². The molecule has 0 aliphatic carbocycles. The number of hydrogen-bond acceptors (Lipinski definition) is 2. The summed E-state index contributed by atoms with van der Waals surface area (Å²) in [6.45, 7) is 7.32. The Kier molecular flexibility index (Phi) is 4.86. The Labute approximate surface area is 92.3 Å². The van der Waals surface area contributed by atoms with Crippen LogP contribution in [0.5, 0.6) is 0 Å². The first-order chi connectivity index (χ1) is 6.68. The largest absolute Gasteiger partial charge is 0.500 e. The highest BCUT2D eigenvalue weighted by Gasteiger charge is 2.31. The van der Waals surface area contributed by atoms with E-state index in [1.54, 1.807) is 0 Å². The smallest absolute Gasteiger partial charge is 0.102 e. The summed E-state index contributed by atoms with van der Waals surface area (Å²) in [6.07, 6.45) is 7.21. The van der Waals surface area contributed by atoms with E-state index in [1.807, 2.05) is 6.26 Å². The number of thioether (sulfide) groups is 1. The molecule has 1 fully saturated rings. The van der Waals surface area contributed by atoms with Gasteiger partial charge >= 0.3 is 0 Å². The lowest BCUT2D eigenvalue weighted by atomic mass is 9.98. The van der Waals surface area contributed by atoms with Crippen LogP contribution in [-0.2, 0) is 4.74 Å². The first kappa shape index (κ1) is 12.0. The lowest BCUT2D eigenvalue weighted by molar-refractivity contribution is 0.198. The Hall–Kier alpha value is -0.110. The molecule has 0 spiro atoms. The molecule has 0 radical (unpaired) electrons. The van der Waals surface area contributed by atoms with Gasteiger partial charge in [0.25, 0.3) is 0 Å². The highest BCUT2D eigenvalue weighted by molar-refractivity contribution is 8.00. The fraction of sp³-hybridized carbons (Fsp3) is 0.833. The topological polar surface area (TPSA) is 9.23 Å². The van der Waals surface area contributed by atoms with Gasteiger partial charge in [-0.3, -0.25) is 0 Å². The summed E-state index contributed by atoms with van der Waals surface area (Å²) in [7, 11) is 0. The number of allylic oxidation sites excluding steroid dienone is 1. The minimum atomic E-state index is 0.407. The molecule has 82 valence electrons. The lowest BCUT2D eigenvalue weighted by Crippen LogP contribution is -2.32. The summed E-state index contributed by atoms with van der Waals surface area (Å²) in [4.78, 5) is 0. The van der Waals surface area contributed by atoms with Crippen molar-refractivity contribution in [3.8, 4) is 0 Å². The zero-order chi connectivity index (χ0) is 10.4. The molecule has 1 atom stereocenters. The van der Waals surface area contributed by atoms with E-state index in [2.05, 4.69) is 32.5 Å². The van der Waals surface area contributed by atoms with E-state index < -0.39 is 0 Å². The summed E-state index contributed by atoms with van der Waals surface area (Å²) < 4.78 is 6.05. The number of ether oxygens (including phenoxy) is 1. The SMILES string of the molecule is CCC1(COC=C(C)C)CCCCS1. The van der Waals surface area contributed by atoms with Crippen LogP contribution in [0.1, 0.15) is 46.5 Å². The Morgan fingerprint density at radius 3 is 2.71 bits per heavy atom. The van der Waals surface area contributed by atoms with E-state index in [9.17, 15) is 0 Å². The molecule has 0 N–H and O–H groups in total. The van der Waals surface area contributed by atoms with Gasteiger partial charge in [0.2, 0.25) is 0 Å². The molecule has 0 saturated carbocycles. The number of rotatable bonds is 4. The average molecular weight is 214 g/mol. The van der Waals surface area contributed by atoms with Crippen molar-refractivity contribution >= 4 is 11.8 Å². The average Bonchev–Trinajstić information content (AvgIpc) is 2.19. The van der Waals surface area contributed by atoms with E-state index in [-0.39, 0.29) is 0 Å². The van der Waals surface area contributed by atoms with Gasteiger partial charge in [0.1, 0.15) is 6.61 Å². The van der Waals surface area contributed by atoms with Crippen molar-refractivity contribution in [1.82, 2.24) is 0 Å². The number of hydrogen-bond donors (Lipinski definition) is 0. The molecule has 0 aromatic carbocycles. The highest BCUT2D eigenvalue weighted by atomic mass is 32.2. The molecule has 0 aromatic rings. The Morgan fingerprint density at radius 1 is 1.43 bits per heavy atom. The second-order valence-electron chi connectivity index (χ2n) is 4.35. The molecule has 0 aromatic heterocycles. The van der Waals surface area contributed by atoms with Crippen LogP contribution in [0.2, 0.25) is 0 Å². The lowest BCUT2D eigenvalue weighted by Gasteiger charge is -2.35. The van der Waals surface area contributed by atoms with E-state index in [1.165, 1.54) is 37.0 Å². The molecule has 14 heavy (non-hydrogen) atoms. The molecule has 1 aliphatic rings. The Bertz CT molecular complexity index is 188. The molecule has 0 amide bonds. The summed E-state index contributed by atoms with van der Waals surface area (Å²) >= 11 is 2.11. The third kappa shape index (κ3) is 3.56. The van der Waals surface area contributed by atoms with Crippen LogP contribution in [-0.4, -0.2) is 17.1 Å². The molecule has 1 aliphatic heterocycles. The summed E-state index contributed by atoms with van der Waals surface area (Å²) in [6, 6.07) is 0. The van der Waals surface area contributed by atoms with Gasteiger partial charge < -0.3 is 4.74 Å². The fourth-order valence-corrected chi connectivity index (χ4v) is 3.19. The van der Waals surface area contributed by atoms with Crippen LogP contribution in [0.25, 0.3) is 0 Å². The predicted octanol–water partition coefficient (Wildman–Crippen LogP) is 3.99. The van der Waals surface area contributed by atoms with Gasteiger partial charge in [0.15, 0.2) is 0 Å². The molecule has 1 saturated heterocycles. The van der Waals surface area contributed by atoms with Crippen LogP contribution >= 0.6 is 11.8 Å². The van der Waals surface area contributed by atoms with E-state index in [4.69, 9.17) is 4.74 Å². The maximum atomic E-state index is 5.65. The molecule has 0 bridgehead atoms. The zero-order valence-electron chi connectivity index (χ0n) is 9.64. The maximum absolute atomic E-state index is 5.65. The van der Waals surface area contributed by atoms with E-state index >= 15 is 0 Å². The molecular weight excluding hydrogens is 192 g/mol. The van der Waals surface area contributed by atoms with Crippen molar-refractivity contribution in [2.24, 2.45) is 0 Å². The van der Waals surface area contributed by atoms with E-state index in [0.29, 0.717) is 4.75 Å². The van der Waals surface area contributed by atoms with Crippen LogP contribution in [0.4, 0.5) is 0 Å². The monoisotopic (exact) mass is 214 g/mol. The fourth-order valence-electron chi connectivity index (χ4n) is 1.77. The summed E-state index contributed by atoms with van der Waals surface area (Å²) in [5.41, 5.74) is 1.25. The normalized spacial score (nSPS) is 27.1. The summed E-state index contributed by atoms with van der Waals surface area (Å²) in [5.74, 6) is 1.31. The second-order valence-corrected chi connectivity index (χ2v) is 5.91. The van der Waals surface area contributed by atoms with Crippen LogP contribution in [0, 0.1) is 0 Å². The van der Waals surface area contributed by atoms with E-state index in [0.717, 1.165) is 6.61 Å². The van der Waals surface area contributed by atoms with Gasteiger partial charge in [0, 0.05) is 4.75 Å². The van der Waals surface area contributed by atoms with Crippen LogP contribution in [0.15, 0.2) is 11.8 Å². The summed E-state index contributed by atoms with van der Waals surface area (Å²) in [5, 5.41) is 0. The van der Waals surface area contributed by atoms with Crippen LogP contribution in [0.3, 0.4) is 0 Å². The Balaban J connectivity index is 2.40. The molecule has 1 rings (SSSR count). The Morgan fingerprint density at radius 2 is 2.21 bits per heavy atom. The van der Waals surface area contributed by atoms with Gasteiger partial charge in [-0.25, -0.2) is 0 Å². The van der Waals surface area contributed by atoms with Crippen molar-refractivity contribution in [2.75, 3.05) is 12.4 Å². The van der Waals surface area contributed by atoms with Crippen molar-refractivity contribution in [2.45, 2.75) is 51.2 Å². The third-order valence-corrected chi connectivity index (χ3v) is 4.46. The van der Waals surface area contributed by atoms with Crippen molar-refractivity contribution in [1.29, 1.82) is 0 Å². The quantitative estimate of drug-likeness (QED) is 0.654. The molecule has 1 nitrogen and oxygen atoms in total.